The fourth-order valence-corrected chi connectivity index (χ4v) is 3.17. The van der Waals surface area contributed by atoms with Gasteiger partial charge in [0, 0.05) is 37.1 Å². The number of benzene rings is 1. The van der Waals surface area contributed by atoms with Crippen molar-refractivity contribution in [1.29, 1.82) is 0 Å². The van der Waals surface area contributed by atoms with Gasteiger partial charge >= 0.3 is 0 Å². The van der Waals surface area contributed by atoms with E-state index in [-0.39, 0.29) is 11.7 Å². The number of rotatable bonds is 4. The Morgan fingerprint density at radius 3 is 2.85 bits per heavy atom. The largest absolute Gasteiger partial charge is 0.449 e. The Labute approximate surface area is 151 Å². The van der Waals surface area contributed by atoms with E-state index in [0.29, 0.717) is 17.6 Å². The molecular weight excluding hydrogens is 330 g/mol. The number of anilines is 1. The van der Waals surface area contributed by atoms with E-state index >= 15 is 0 Å². The highest BCUT2D eigenvalue weighted by Crippen LogP contribution is 2.22. The molecule has 0 radical (unpaired) electrons. The van der Waals surface area contributed by atoms with Crippen LogP contribution in [-0.2, 0) is 11.3 Å². The van der Waals surface area contributed by atoms with Crippen LogP contribution >= 0.6 is 0 Å². The molecule has 0 unspecified atom stereocenters. The Hall–Kier alpha value is -2.86. The van der Waals surface area contributed by atoms with E-state index in [1.165, 1.54) is 0 Å². The molecule has 1 saturated heterocycles. The van der Waals surface area contributed by atoms with Gasteiger partial charge in [0.2, 0.25) is 0 Å². The predicted molar refractivity (Wildman–Crippen MR) is 99.4 cm³/mol. The summed E-state index contributed by atoms with van der Waals surface area (Å²) in [4.78, 5) is 19.2. The van der Waals surface area contributed by atoms with Crippen molar-refractivity contribution >= 4 is 22.7 Å². The first kappa shape index (κ1) is 16.6. The molecule has 6 nitrogen and oxygen atoms in total. The zero-order valence-corrected chi connectivity index (χ0v) is 14.7. The molecule has 3 heterocycles. The fraction of sp³-hybridized carbons (Fsp3) is 0.300. The average molecular weight is 351 g/mol. The number of amides is 1. The summed E-state index contributed by atoms with van der Waals surface area (Å²) in [7, 11) is 0. The molecule has 0 saturated carbocycles. The third-order valence-electron chi connectivity index (χ3n) is 4.52. The summed E-state index contributed by atoms with van der Waals surface area (Å²) in [5.74, 6) is 0.0411. The Balaban J connectivity index is 1.48. The van der Waals surface area contributed by atoms with E-state index in [1.807, 2.05) is 37.3 Å². The number of ether oxygens (including phenoxy) is 1. The molecule has 0 aliphatic carbocycles. The summed E-state index contributed by atoms with van der Waals surface area (Å²) >= 11 is 0. The van der Waals surface area contributed by atoms with Crippen molar-refractivity contribution in [3.63, 3.8) is 0 Å². The topological polar surface area (TPSA) is 67.6 Å². The highest BCUT2D eigenvalue weighted by atomic mass is 16.5. The lowest BCUT2D eigenvalue weighted by Crippen LogP contribution is -2.37. The van der Waals surface area contributed by atoms with Crippen LogP contribution in [0.25, 0.3) is 11.1 Å². The molecule has 0 atom stereocenters. The molecule has 3 aromatic rings. The second-order valence-corrected chi connectivity index (χ2v) is 6.36. The summed E-state index contributed by atoms with van der Waals surface area (Å²) < 4.78 is 11.0. The molecule has 4 rings (SSSR count). The van der Waals surface area contributed by atoms with Crippen molar-refractivity contribution in [3.05, 3.63) is 59.5 Å². The van der Waals surface area contributed by atoms with Crippen LogP contribution in [0.1, 0.15) is 21.8 Å². The normalized spacial score (nSPS) is 14.6. The molecule has 1 N–H and O–H groups in total. The van der Waals surface area contributed by atoms with Gasteiger partial charge in [0.15, 0.2) is 11.3 Å². The molecule has 1 amide bonds. The van der Waals surface area contributed by atoms with E-state index in [4.69, 9.17) is 9.15 Å². The van der Waals surface area contributed by atoms with Gasteiger partial charge in [-0.05, 0) is 30.7 Å². The standard InChI is InChI=1S/C20H21N3O3/c1-14-6-7-18-16(22-14)12-19(26-18)20(24)21-13-15-4-2-3-5-17(15)23-8-10-25-11-9-23/h2-7,12H,8-11,13H2,1H3,(H,21,24). The maximum absolute atomic E-state index is 12.5. The van der Waals surface area contributed by atoms with Crippen molar-refractivity contribution in [2.75, 3.05) is 31.2 Å². The number of carbonyl (C=O) groups is 1. The number of para-hydroxylation sites is 1. The van der Waals surface area contributed by atoms with Crippen LogP contribution in [0.3, 0.4) is 0 Å². The Kier molecular flexibility index (Phi) is 4.58. The number of aromatic nitrogens is 1. The summed E-state index contributed by atoms with van der Waals surface area (Å²) in [5, 5.41) is 2.95. The van der Waals surface area contributed by atoms with Crippen molar-refractivity contribution < 1.29 is 13.9 Å². The number of hydrogen-bond acceptors (Lipinski definition) is 5. The van der Waals surface area contributed by atoms with Gasteiger partial charge < -0.3 is 19.4 Å². The zero-order valence-electron chi connectivity index (χ0n) is 14.7. The van der Waals surface area contributed by atoms with Gasteiger partial charge in [-0.3, -0.25) is 4.79 Å². The summed E-state index contributed by atoms with van der Waals surface area (Å²) in [6.45, 7) is 5.53. The van der Waals surface area contributed by atoms with Gasteiger partial charge in [0.05, 0.1) is 13.2 Å². The first-order valence-electron chi connectivity index (χ1n) is 8.77. The first-order valence-corrected chi connectivity index (χ1v) is 8.77. The smallest absolute Gasteiger partial charge is 0.287 e. The minimum Gasteiger partial charge on any atom is -0.449 e. The quantitative estimate of drug-likeness (QED) is 0.783. The second-order valence-electron chi connectivity index (χ2n) is 6.36. The Bertz CT molecular complexity index is 929. The van der Waals surface area contributed by atoms with Crippen molar-refractivity contribution in [2.45, 2.75) is 13.5 Å². The van der Waals surface area contributed by atoms with Crippen LogP contribution < -0.4 is 10.2 Å². The molecule has 1 fully saturated rings. The average Bonchev–Trinajstić information content (AvgIpc) is 3.10. The number of aryl methyl sites for hydroxylation is 1. The lowest BCUT2D eigenvalue weighted by molar-refractivity contribution is 0.0925. The van der Waals surface area contributed by atoms with Gasteiger partial charge in [-0.25, -0.2) is 4.98 Å². The Morgan fingerprint density at radius 1 is 1.19 bits per heavy atom. The van der Waals surface area contributed by atoms with Gasteiger partial charge in [-0.2, -0.15) is 0 Å². The van der Waals surface area contributed by atoms with Crippen molar-refractivity contribution in [1.82, 2.24) is 10.3 Å². The molecular formula is C20H21N3O3. The van der Waals surface area contributed by atoms with E-state index in [2.05, 4.69) is 21.3 Å². The monoisotopic (exact) mass is 351 g/mol. The molecule has 6 heteroatoms. The molecule has 26 heavy (non-hydrogen) atoms. The number of nitrogens with zero attached hydrogens (tertiary/aromatic N) is 2. The SMILES string of the molecule is Cc1ccc2oc(C(=O)NCc3ccccc3N3CCOCC3)cc2n1. The van der Waals surface area contributed by atoms with Crippen LogP contribution in [0.15, 0.2) is 46.9 Å². The zero-order chi connectivity index (χ0) is 17.9. The summed E-state index contributed by atoms with van der Waals surface area (Å²) in [6.07, 6.45) is 0. The first-order chi connectivity index (χ1) is 12.7. The second kappa shape index (κ2) is 7.17. The number of morpholine rings is 1. The molecule has 134 valence electrons. The van der Waals surface area contributed by atoms with E-state index < -0.39 is 0 Å². The van der Waals surface area contributed by atoms with Crippen LogP contribution in [0.2, 0.25) is 0 Å². The maximum Gasteiger partial charge on any atom is 0.287 e. The highest BCUT2D eigenvalue weighted by molar-refractivity contribution is 5.95. The van der Waals surface area contributed by atoms with Crippen LogP contribution in [-0.4, -0.2) is 37.2 Å². The van der Waals surface area contributed by atoms with E-state index in [0.717, 1.165) is 43.2 Å². The third-order valence-corrected chi connectivity index (χ3v) is 4.52. The minimum absolute atomic E-state index is 0.238. The Morgan fingerprint density at radius 2 is 2.00 bits per heavy atom. The maximum atomic E-state index is 12.5. The number of hydrogen-bond donors (Lipinski definition) is 1. The number of nitrogens with one attached hydrogen (secondary N) is 1. The van der Waals surface area contributed by atoms with Crippen molar-refractivity contribution in [2.24, 2.45) is 0 Å². The molecule has 0 spiro atoms. The fourth-order valence-electron chi connectivity index (χ4n) is 3.17. The van der Waals surface area contributed by atoms with Gasteiger partial charge in [0.1, 0.15) is 5.52 Å². The highest BCUT2D eigenvalue weighted by Gasteiger charge is 2.16. The number of pyridine rings is 1. The molecule has 1 aromatic carbocycles. The van der Waals surface area contributed by atoms with E-state index in [9.17, 15) is 4.79 Å². The minimum atomic E-state index is -0.238. The lowest BCUT2D eigenvalue weighted by atomic mass is 10.1. The lowest BCUT2D eigenvalue weighted by Gasteiger charge is -2.30. The number of fused-ring (bicyclic) bond motifs is 1. The molecule has 1 aliphatic rings. The molecule has 0 bridgehead atoms. The van der Waals surface area contributed by atoms with Crippen LogP contribution in [0.5, 0.6) is 0 Å². The van der Waals surface area contributed by atoms with Crippen molar-refractivity contribution in [3.8, 4) is 0 Å². The van der Waals surface area contributed by atoms with Gasteiger partial charge in [0.25, 0.3) is 5.91 Å². The molecule has 1 aliphatic heterocycles. The predicted octanol–water partition coefficient (Wildman–Crippen LogP) is 2.90. The number of carbonyl (C=O) groups excluding carboxylic acids is 1. The van der Waals surface area contributed by atoms with Crippen LogP contribution in [0, 0.1) is 6.92 Å². The van der Waals surface area contributed by atoms with E-state index in [1.54, 1.807) is 6.07 Å². The number of furan rings is 1. The van der Waals surface area contributed by atoms with Crippen LogP contribution in [0.4, 0.5) is 5.69 Å². The summed E-state index contributed by atoms with van der Waals surface area (Å²) in [5.41, 5.74) is 4.42. The van der Waals surface area contributed by atoms with Gasteiger partial charge in [-0.15, -0.1) is 0 Å². The molecule has 2 aromatic heterocycles. The third kappa shape index (κ3) is 3.41. The summed E-state index contributed by atoms with van der Waals surface area (Å²) in [6, 6.07) is 13.5. The van der Waals surface area contributed by atoms with Gasteiger partial charge in [-0.1, -0.05) is 18.2 Å².